The molecule has 2 aromatic carbocycles. The van der Waals surface area contributed by atoms with Crippen LogP contribution in [0.1, 0.15) is 15.2 Å². The van der Waals surface area contributed by atoms with Crippen LogP contribution >= 0.6 is 27.3 Å². The standard InChI is InChI=1S/C18H13BrN2O5S/c19-12-6-7-13(14(8-12)21(24)25)20-16-9-15(17(27-16)18(22)23)26-10-11-4-2-1-3-5-11/h1-9,20H,10H2,(H,22,23). The molecule has 0 unspecified atom stereocenters. The number of halogens is 1. The normalized spacial score (nSPS) is 10.4. The smallest absolute Gasteiger partial charge is 0.349 e. The Balaban J connectivity index is 1.85. The van der Waals surface area contributed by atoms with E-state index in [-0.39, 0.29) is 28.6 Å². The van der Waals surface area contributed by atoms with Crippen molar-refractivity contribution in [2.24, 2.45) is 0 Å². The molecule has 2 N–H and O–H groups in total. The largest absolute Gasteiger partial charge is 0.487 e. The summed E-state index contributed by atoms with van der Waals surface area (Å²) in [6, 6.07) is 15.5. The zero-order valence-electron chi connectivity index (χ0n) is 13.7. The first-order valence-electron chi connectivity index (χ1n) is 7.69. The lowest BCUT2D eigenvalue weighted by molar-refractivity contribution is -0.384. The van der Waals surface area contributed by atoms with Gasteiger partial charge in [0.25, 0.3) is 5.69 Å². The number of aromatic carboxylic acids is 1. The quantitative estimate of drug-likeness (QED) is 0.368. The zero-order chi connectivity index (χ0) is 19.4. The van der Waals surface area contributed by atoms with Gasteiger partial charge in [0.2, 0.25) is 0 Å². The highest BCUT2D eigenvalue weighted by molar-refractivity contribution is 9.10. The lowest BCUT2D eigenvalue weighted by Gasteiger charge is -2.05. The van der Waals surface area contributed by atoms with Crippen LogP contribution in [0.2, 0.25) is 0 Å². The van der Waals surface area contributed by atoms with Crippen molar-refractivity contribution in [2.75, 3.05) is 5.32 Å². The number of nitro groups is 1. The van der Waals surface area contributed by atoms with Crippen LogP contribution in [0.5, 0.6) is 5.75 Å². The number of nitrogens with zero attached hydrogens (tertiary/aromatic N) is 1. The Labute approximate surface area is 166 Å². The van der Waals surface area contributed by atoms with Gasteiger partial charge >= 0.3 is 5.97 Å². The highest BCUT2D eigenvalue weighted by Gasteiger charge is 2.20. The van der Waals surface area contributed by atoms with Crippen LogP contribution in [0.4, 0.5) is 16.4 Å². The molecular formula is C18H13BrN2O5S. The molecule has 0 fully saturated rings. The highest BCUT2D eigenvalue weighted by atomic mass is 79.9. The van der Waals surface area contributed by atoms with E-state index in [0.29, 0.717) is 9.47 Å². The van der Waals surface area contributed by atoms with E-state index in [1.807, 2.05) is 30.3 Å². The summed E-state index contributed by atoms with van der Waals surface area (Å²) in [7, 11) is 0. The molecule has 9 heteroatoms. The number of rotatable bonds is 7. The summed E-state index contributed by atoms with van der Waals surface area (Å²) in [4.78, 5) is 22.3. The fourth-order valence-corrected chi connectivity index (χ4v) is 3.52. The van der Waals surface area contributed by atoms with Crippen molar-refractivity contribution in [3.8, 4) is 5.75 Å². The maximum absolute atomic E-state index is 11.5. The average Bonchev–Trinajstić information content (AvgIpc) is 3.05. The molecule has 0 radical (unpaired) electrons. The minimum absolute atomic E-state index is 0.0215. The number of nitrogens with one attached hydrogen (secondary N) is 1. The van der Waals surface area contributed by atoms with E-state index >= 15 is 0 Å². The van der Waals surface area contributed by atoms with Crippen molar-refractivity contribution < 1.29 is 19.6 Å². The van der Waals surface area contributed by atoms with Crippen LogP contribution in [0, 0.1) is 10.1 Å². The third kappa shape index (κ3) is 4.63. The van der Waals surface area contributed by atoms with E-state index in [2.05, 4.69) is 21.2 Å². The maximum Gasteiger partial charge on any atom is 0.349 e. The summed E-state index contributed by atoms with van der Waals surface area (Å²) >= 11 is 4.15. The molecule has 0 saturated heterocycles. The minimum Gasteiger partial charge on any atom is -0.487 e. The summed E-state index contributed by atoms with van der Waals surface area (Å²) < 4.78 is 6.22. The Morgan fingerprint density at radius 1 is 1.22 bits per heavy atom. The molecule has 0 bridgehead atoms. The fourth-order valence-electron chi connectivity index (χ4n) is 2.32. The summed E-state index contributed by atoms with van der Waals surface area (Å²) in [5, 5.41) is 24.0. The molecule has 7 nitrogen and oxygen atoms in total. The topological polar surface area (TPSA) is 102 Å². The molecule has 0 saturated carbocycles. The third-order valence-corrected chi connectivity index (χ3v) is 5.06. The first-order chi connectivity index (χ1) is 12.9. The zero-order valence-corrected chi connectivity index (χ0v) is 16.1. The molecule has 3 rings (SSSR count). The van der Waals surface area contributed by atoms with Crippen LogP contribution < -0.4 is 10.1 Å². The van der Waals surface area contributed by atoms with Crippen LogP contribution in [-0.2, 0) is 6.61 Å². The number of carboxylic acids is 1. The third-order valence-electron chi connectivity index (χ3n) is 3.54. The van der Waals surface area contributed by atoms with Gasteiger partial charge in [-0.25, -0.2) is 4.79 Å². The molecule has 1 heterocycles. The second-order valence-electron chi connectivity index (χ2n) is 5.43. The predicted octanol–water partition coefficient (Wildman–Crippen LogP) is 5.44. The average molecular weight is 449 g/mol. The Morgan fingerprint density at radius 2 is 1.96 bits per heavy atom. The van der Waals surface area contributed by atoms with E-state index in [9.17, 15) is 20.0 Å². The molecule has 0 spiro atoms. The molecular weight excluding hydrogens is 436 g/mol. The monoisotopic (exact) mass is 448 g/mol. The number of carboxylic acid groups (broad SMARTS) is 1. The van der Waals surface area contributed by atoms with Gasteiger partial charge in [0.05, 0.1) is 9.92 Å². The Kier molecular flexibility index (Phi) is 5.72. The molecule has 1 aromatic heterocycles. The van der Waals surface area contributed by atoms with Gasteiger partial charge < -0.3 is 15.2 Å². The number of thiophene rings is 1. The molecule has 138 valence electrons. The Bertz CT molecular complexity index is 991. The first kappa shape index (κ1) is 18.9. The van der Waals surface area contributed by atoms with Crippen molar-refractivity contribution >= 4 is 49.6 Å². The van der Waals surface area contributed by atoms with Crippen molar-refractivity contribution in [3.05, 3.63) is 79.6 Å². The number of ether oxygens (including phenoxy) is 1. The van der Waals surface area contributed by atoms with Crippen molar-refractivity contribution in [1.29, 1.82) is 0 Å². The van der Waals surface area contributed by atoms with Crippen molar-refractivity contribution in [1.82, 2.24) is 0 Å². The number of nitro benzene ring substituents is 1. The van der Waals surface area contributed by atoms with E-state index in [0.717, 1.165) is 16.9 Å². The highest BCUT2D eigenvalue weighted by Crippen LogP contribution is 2.38. The van der Waals surface area contributed by atoms with Gasteiger partial charge in [0.15, 0.2) is 4.88 Å². The maximum atomic E-state index is 11.5. The van der Waals surface area contributed by atoms with E-state index in [4.69, 9.17) is 4.74 Å². The van der Waals surface area contributed by atoms with Crippen LogP contribution in [0.3, 0.4) is 0 Å². The fraction of sp³-hybridized carbons (Fsp3) is 0.0556. The van der Waals surface area contributed by atoms with Crippen LogP contribution in [-0.4, -0.2) is 16.0 Å². The summed E-state index contributed by atoms with van der Waals surface area (Å²) in [5.41, 5.74) is 1.04. The number of anilines is 2. The number of carbonyl (C=O) groups is 1. The van der Waals surface area contributed by atoms with Crippen molar-refractivity contribution in [3.63, 3.8) is 0 Å². The lowest BCUT2D eigenvalue weighted by atomic mass is 10.2. The number of benzene rings is 2. The van der Waals surface area contributed by atoms with Gasteiger partial charge in [-0.05, 0) is 17.7 Å². The molecule has 0 aliphatic carbocycles. The predicted molar refractivity (Wildman–Crippen MR) is 106 cm³/mol. The van der Waals surface area contributed by atoms with E-state index in [1.54, 1.807) is 12.1 Å². The molecule has 0 aliphatic rings. The van der Waals surface area contributed by atoms with E-state index in [1.165, 1.54) is 12.1 Å². The number of hydrogen-bond donors (Lipinski definition) is 2. The second kappa shape index (κ2) is 8.19. The molecule has 3 aromatic rings. The lowest BCUT2D eigenvalue weighted by Crippen LogP contribution is -1.99. The summed E-state index contributed by atoms with van der Waals surface area (Å²) in [6.07, 6.45) is 0. The van der Waals surface area contributed by atoms with Gasteiger partial charge in [0.1, 0.15) is 18.0 Å². The van der Waals surface area contributed by atoms with Gasteiger partial charge in [0, 0.05) is 16.6 Å². The van der Waals surface area contributed by atoms with Crippen LogP contribution in [0.15, 0.2) is 59.1 Å². The molecule has 27 heavy (non-hydrogen) atoms. The SMILES string of the molecule is O=C(O)c1sc(Nc2ccc(Br)cc2[N+](=O)[O-])cc1OCc1ccccc1. The Morgan fingerprint density at radius 3 is 2.63 bits per heavy atom. The summed E-state index contributed by atoms with van der Waals surface area (Å²) in [5.74, 6) is -0.917. The molecule has 0 atom stereocenters. The van der Waals surface area contributed by atoms with E-state index < -0.39 is 10.9 Å². The van der Waals surface area contributed by atoms with Gasteiger partial charge in [-0.3, -0.25) is 10.1 Å². The Hall–Kier alpha value is -2.91. The first-order valence-corrected chi connectivity index (χ1v) is 9.30. The number of hydrogen-bond acceptors (Lipinski definition) is 6. The van der Waals surface area contributed by atoms with Gasteiger partial charge in [-0.1, -0.05) is 46.3 Å². The summed E-state index contributed by atoms with van der Waals surface area (Å²) in [6.45, 7) is 0.218. The second-order valence-corrected chi connectivity index (χ2v) is 7.39. The minimum atomic E-state index is -1.12. The molecule has 0 amide bonds. The van der Waals surface area contributed by atoms with Crippen molar-refractivity contribution in [2.45, 2.75) is 6.61 Å². The molecule has 0 aliphatic heterocycles. The van der Waals surface area contributed by atoms with Gasteiger partial charge in [-0.2, -0.15) is 0 Å². The van der Waals surface area contributed by atoms with Gasteiger partial charge in [-0.15, -0.1) is 11.3 Å². The van der Waals surface area contributed by atoms with Crippen LogP contribution in [0.25, 0.3) is 0 Å².